The van der Waals surface area contributed by atoms with E-state index in [1.165, 1.54) is 31.7 Å². The fraction of sp³-hybridized carbons (Fsp3) is 0.636. The van der Waals surface area contributed by atoms with Gasteiger partial charge >= 0.3 is 0 Å². The van der Waals surface area contributed by atoms with Crippen LogP contribution < -0.4 is 11.3 Å². The van der Waals surface area contributed by atoms with E-state index in [1.807, 2.05) is 0 Å². The maximum atomic E-state index is 11.3. The zero-order chi connectivity index (χ0) is 10.4. The van der Waals surface area contributed by atoms with E-state index >= 15 is 0 Å². The van der Waals surface area contributed by atoms with E-state index in [9.17, 15) is 4.79 Å². The van der Waals surface area contributed by atoms with Gasteiger partial charge in [0.25, 0.3) is 5.56 Å². The number of rotatable bonds is 1. The fourth-order valence-corrected chi connectivity index (χ4v) is 3.25. The molecular weight excluding hydrogens is 190 g/mol. The van der Waals surface area contributed by atoms with Gasteiger partial charge in [-0.3, -0.25) is 4.79 Å². The van der Waals surface area contributed by atoms with Gasteiger partial charge in [-0.2, -0.15) is 0 Å². The molecule has 2 fully saturated rings. The van der Waals surface area contributed by atoms with E-state index in [-0.39, 0.29) is 5.56 Å². The zero-order valence-electron chi connectivity index (χ0n) is 8.57. The Morgan fingerprint density at radius 1 is 1.40 bits per heavy atom. The number of nitrogen functional groups attached to an aromatic ring is 1. The van der Waals surface area contributed by atoms with E-state index in [2.05, 4.69) is 9.97 Å². The molecule has 0 spiro atoms. The van der Waals surface area contributed by atoms with Crippen molar-refractivity contribution >= 4 is 5.82 Å². The number of H-pyrrole nitrogens is 1. The SMILES string of the molecule is Nc1cc(=O)[nH]c(C2CC3CCC2C3)n1. The number of anilines is 1. The Kier molecular flexibility index (Phi) is 1.84. The second-order valence-corrected chi connectivity index (χ2v) is 4.84. The number of aromatic nitrogens is 2. The minimum Gasteiger partial charge on any atom is -0.383 e. The lowest BCUT2D eigenvalue weighted by Gasteiger charge is -2.20. The molecule has 2 aliphatic carbocycles. The molecule has 1 heterocycles. The Morgan fingerprint density at radius 2 is 2.27 bits per heavy atom. The summed E-state index contributed by atoms with van der Waals surface area (Å²) in [5, 5.41) is 0. The monoisotopic (exact) mass is 205 g/mol. The van der Waals surface area contributed by atoms with Gasteiger partial charge in [0.05, 0.1) is 0 Å². The van der Waals surface area contributed by atoms with Crippen LogP contribution in [0, 0.1) is 11.8 Å². The van der Waals surface area contributed by atoms with Crippen LogP contribution in [-0.4, -0.2) is 9.97 Å². The van der Waals surface area contributed by atoms with Crippen LogP contribution in [0.3, 0.4) is 0 Å². The molecule has 0 aliphatic heterocycles. The summed E-state index contributed by atoms with van der Waals surface area (Å²) in [6, 6.07) is 1.34. The Morgan fingerprint density at radius 3 is 2.87 bits per heavy atom. The van der Waals surface area contributed by atoms with Crippen molar-refractivity contribution in [1.82, 2.24) is 9.97 Å². The molecule has 1 aromatic rings. The van der Waals surface area contributed by atoms with Crippen LogP contribution in [0.15, 0.2) is 10.9 Å². The van der Waals surface area contributed by atoms with E-state index in [4.69, 9.17) is 5.73 Å². The minimum atomic E-state index is -0.125. The van der Waals surface area contributed by atoms with Crippen molar-refractivity contribution < 1.29 is 0 Å². The number of aromatic amines is 1. The van der Waals surface area contributed by atoms with Crippen molar-refractivity contribution in [2.45, 2.75) is 31.6 Å². The predicted molar refractivity (Wildman–Crippen MR) is 57.5 cm³/mol. The molecule has 1 aromatic heterocycles. The summed E-state index contributed by atoms with van der Waals surface area (Å²) in [7, 11) is 0. The first kappa shape index (κ1) is 8.95. The molecule has 80 valence electrons. The highest BCUT2D eigenvalue weighted by atomic mass is 16.1. The number of nitrogens with one attached hydrogen (secondary N) is 1. The summed E-state index contributed by atoms with van der Waals surface area (Å²) in [5.74, 6) is 3.18. The Labute approximate surface area is 87.9 Å². The van der Waals surface area contributed by atoms with Crippen molar-refractivity contribution in [2.24, 2.45) is 11.8 Å². The van der Waals surface area contributed by atoms with Crippen LogP contribution in [0.1, 0.15) is 37.4 Å². The van der Waals surface area contributed by atoms with Crippen LogP contribution in [0.2, 0.25) is 0 Å². The number of nitrogens with two attached hydrogens (primary N) is 1. The number of hydrogen-bond acceptors (Lipinski definition) is 3. The molecule has 3 unspecified atom stereocenters. The van der Waals surface area contributed by atoms with Gasteiger partial charge in [0, 0.05) is 12.0 Å². The maximum absolute atomic E-state index is 11.3. The number of nitrogens with zero attached hydrogens (tertiary/aromatic N) is 1. The van der Waals surface area contributed by atoms with Crippen molar-refractivity contribution in [1.29, 1.82) is 0 Å². The summed E-state index contributed by atoms with van der Waals surface area (Å²) in [4.78, 5) is 18.4. The van der Waals surface area contributed by atoms with E-state index in [1.54, 1.807) is 0 Å². The lowest BCUT2D eigenvalue weighted by molar-refractivity contribution is 0.405. The van der Waals surface area contributed by atoms with Gasteiger partial charge in [0.1, 0.15) is 11.6 Å². The van der Waals surface area contributed by atoms with Crippen LogP contribution in [0.5, 0.6) is 0 Å². The third-order valence-electron chi connectivity index (χ3n) is 3.87. The van der Waals surface area contributed by atoms with E-state index in [0.717, 1.165) is 17.7 Å². The third kappa shape index (κ3) is 1.44. The molecule has 3 atom stereocenters. The Balaban J connectivity index is 1.96. The smallest absolute Gasteiger partial charge is 0.252 e. The van der Waals surface area contributed by atoms with Gasteiger partial charge in [0.15, 0.2) is 0 Å². The first-order valence-corrected chi connectivity index (χ1v) is 5.59. The molecular formula is C11H15N3O. The largest absolute Gasteiger partial charge is 0.383 e. The van der Waals surface area contributed by atoms with E-state index < -0.39 is 0 Å². The Bertz CT molecular complexity index is 440. The maximum Gasteiger partial charge on any atom is 0.252 e. The van der Waals surface area contributed by atoms with Gasteiger partial charge in [-0.1, -0.05) is 6.42 Å². The molecule has 4 heteroatoms. The summed E-state index contributed by atoms with van der Waals surface area (Å²) in [5.41, 5.74) is 5.47. The third-order valence-corrected chi connectivity index (χ3v) is 3.87. The topological polar surface area (TPSA) is 71.8 Å². The lowest BCUT2D eigenvalue weighted by Crippen LogP contribution is -2.18. The second kappa shape index (κ2) is 3.08. The minimum absolute atomic E-state index is 0.125. The van der Waals surface area contributed by atoms with Crippen LogP contribution in [-0.2, 0) is 0 Å². The molecule has 15 heavy (non-hydrogen) atoms. The highest BCUT2D eigenvalue weighted by molar-refractivity contribution is 5.26. The van der Waals surface area contributed by atoms with Crippen molar-refractivity contribution in [2.75, 3.05) is 5.73 Å². The molecule has 4 nitrogen and oxygen atoms in total. The average molecular weight is 205 g/mol. The van der Waals surface area contributed by atoms with Gasteiger partial charge in [-0.15, -0.1) is 0 Å². The van der Waals surface area contributed by atoms with Gasteiger partial charge in [0.2, 0.25) is 0 Å². The lowest BCUT2D eigenvalue weighted by atomic mass is 9.88. The molecule has 0 radical (unpaired) electrons. The van der Waals surface area contributed by atoms with Crippen molar-refractivity contribution in [3.05, 3.63) is 22.2 Å². The summed E-state index contributed by atoms with van der Waals surface area (Å²) in [6.07, 6.45) is 5.13. The van der Waals surface area contributed by atoms with Gasteiger partial charge in [-0.05, 0) is 31.1 Å². The molecule has 3 N–H and O–H groups in total. The molecule has 2 aliphatic rings. The standard InChI is InChI=1S/C11H15N3O/c12-9-5-10(15)14-11(13-9)8-4-6-1-2-7(8)3-6/h5-8H,1-4H2,(H3,12,13,14,15). The highest BCUT2D eigenvalue weighted by Crippen LogP contribution is 2.51. The van der Waals surface area contributed by atoms with Crippen molar-refractivity contribution in [3.8, 4) is 0 Å². The first-order chi connectivity index (χ1) is 7.22. The van der Waals surface area contributed by atoms with Crippen LogP contribution in [0.4, 0.5) is 5.82 Å². The molecule has 2 bridgehead atoms. The van der Waals surface area contributed by atoms with Crippen LogP contribution >= 0.6 is 0 Å². The quantitative estimate of drug-likeness (QED) is 0.725. The highest BCUT2D eigenvalue weighted by Gasteiger charge is 2.41. The molecule has 0 amide bonds. The first-order valence-electron chi connectivity index (χ1n) is 5.59. The zero-order valence-corrected chi connectivity index (χ0v) is 8.57. The molecule has 3 rings (SSSR count). The summed E-state index contributed by atoms with van der Waals surface area (Å²) >= 11 is 0. The van der Waals surface area contributed by atoms with E-state index in [0.29, 0.717) is 11.7 Å². The van der Waals surface area contributed by atoms with Gasteiger partial charge in [-0.25, -0.2) is 4.98 Å². The van der Waals surface area contributed by atoms with Crippen LogP contribution in [0.25, 0.3) is 0 Å². The number of hydrogen-bond donors (Lipinski definition) is 2. The average Bonchev–Trinajstić information content (AvgIpc) is 2.76. The van der Waals surface area contributed by atoms with Crippen molar-refractivity contribution in [3.63, 3.8) is 0 Å². The fourth-order valence-electron chi connectivity index (χ4n) is 3.25. The predicted octanol–water partition coefficient (Wildman–Crippen LogP) is 1.26. The van der Waals surface area contributed by atoms with Gasteiger partial charge < -0.3 is 10.7 Å². The molecule has 0 aromatic carbocycles. The Hall–Kier alpha value is -1.32. The normalized spacial score (nSPS) is 33.5. The molecule has 0 saturated heterocycles. The molecule has 2 saturated carbocycles. The number of fused-ring (bicyclic) bond motifs is 2. The second-order valence-electron chi connectivity index (χ2n) is 4.84. The summed E-state index contributed by atoms with van der Waals surface area (Å²) < 4.78 is 0. The summed E-state index contributed by atoms with van der Waals surface area (Å²) in [6.45, 7) is 0.